The normalized spacial score (nSPS) is 12.4. The van der Waals surface area contributed by atoms with Crippen LogP contribution in [0.1, 0.15) is 15.4 Å². The van der Waals surface area contributed by atoms with Gasteiger partial charge in [0.25, 0.3) is 0 Å². The molecule has 0 radical (unpaired) electrons. The number of carbonyl (C=O) groups is 1. The van der Waals surface area contributed by atoms with Gasteiger partial charge in [-0.05, 0) is 0 Å². The first kappa shape index (κ1) is 11.8. The van der Waals surface area contributed by atoms with E-state index in [-0.39, 0.29) is 24.7 Å². The molecule has 1 aliphatic heterocycles. The van der Waals surface area contributed by atoms with Crippen LogP contribution in [0.15, 0.2) is 23.7 Å². The van der Waals surface area contributed by atoms with E-state index < -0.39 is 5.97 Å². The van der Waals surface area contributed by atoms with Gasteiger partial charge >= 0.3 is 5.97 Å². The van der Waals surface area contributed by atoms with Crippen molar-refractivity contribution in [2.75, 3.05) is 6.79 Å². The maximum absolute atomic E-state index is 11.2. The number of thiazole rings is 1. The predicted octanol–water partition coefficient (Wildman–Crippen LogP) is 2.15. The zero-order valence-electron chi connectivity index (χ0n) is 9.66. The molecule has 0 amide bonds. The van der Waals surface area contributed by atoms with Crippen molar-refractivity contribution in [3.63, 3.8) is 0 Å². The minimum Gasteiger partial charge on any atom is -0.485 e. The maximum Gasteiger partial charge on any atom is 0.339 e. The second-order valence-corrected chi connectivity index (χ2v) is 4.70. The van der Waals surface area contributed by atoms with Crippen molar-refractivity contribution in [2.24, 2.45) is 0 Å². The van der Waals surface area contributed by atoms with Crippen LogP contribution in [0.4, 0.5) is 0 Å². The number of aromatic carboxylic acids is 1. The van der Waals surface area contributed by atoms with E-state index >= 15 is 0 Å². The molecule has 1 aliphatic rings. The van der Waals surface area contributed by atoms with Crippen LogP contribution in [0, 0.1) is 0 Å². The van der Waals surface area contributed by atoms with Crippen LogP contribution >= 0.6 is 11.3 Å². The Morgan fingerprint density at radius 1 is 1.42 bits per heavy atom. The number of hydrogen-bond acceptors (Lipinski definition) is 6. The van der Waals surface area contributed by atoms with Gasteiger partial charge < -0.3 is 19.3 Å². The SMILES string of the molecule is O=C(O)c1cc2c(cc1OCc1nccs1)OCO2. The largest absolute Gasteiger partial charge is 0.485 e. The third-order valence-electron chi connectivity index (χ3n) is 2.54. The molecule has 19 heavy (non-hydrogen) atoms. The van der Waals surface area contributed by atoms with E-state index in [1.54, 1.807) is 6.20 Å². The van der Waals surface area contributed by atoms with E-state index in [2.05, 4.69) is 4.98 Å². The summed E-state index contributed by atoms with van der Waals surface area (Å²) in [6.45, 7) is 0.307. The van der Waals surface area contributed by atoms with Gasteiger partial charge in [-0.2, -0.15) is 0 Å². The summed E-state index contributed by atoms with van der Waals surface area (Å²) in [5.41, 5.74) is 0.0424. The Bertz CT molecular complexity index is 611. The maximum atomic E-state index is 11.2. The molecule has 0 aliphatic carbocycles. The average molecular weight is 279 g/mol. The van der Waals surface area contributed by atoms with Crippen LogP contribution in [0.25, 0.3) is 0 Å². The van der Waals surface area contributed by atoms with Crippen molar-refractivity contribution in [1.29, 1.82) is 0 Å². The van der Waals surface area contributed by atoms with Gasteiger partial charge in [0.2, 0.25) is 6.79 Å². The molecular weight excluding hydrogens is 270 g/mol. The lowest BCUT2D eigenvalue weighted by atomic mass is 10.2. The Morgan fingerprint density at radius 2 is 2.21 bits per heavy atom. The first-order valence-electron chi connectivity index (χ1n) is 5.42. The summed E-state index contributed by atoms with van der Waals surface area (Å²) in [5.74, 6) is 0.0672. The molecule has 2 aromatic rings. The molecule has 0 bridgehead atoms. The number of carboxylic acid groups (broad SMARTS) is 1. The third-order valence-corrected chi connectivity index (χ3v) is 3.29. The number of benzene rings is 1. The smallest absolute Gasteiger partial charge is 0.339 e. The van der Waals surface area contributed by atoms with Gasteiger partial charge in [-0.3, -0.25) is 0 Å². The Balaban J connectivity index is 1.88. The Hall–Kier alpha value is -2.28. The standard InChI is InChI=1S/C12H9NO5S/c14-12(15)7-3-9-10(18-6-17-9)4-8(7)16-5-11-13-1-2-19-11/h1-4H,5-6H2,(H,14,15). The fourth-order valence-corrected chi connectivity index (χ4v) is 2.20. The van der Waals surface area contributed by atoms with Crippen molar-refractivity contribution >= 4 is 17.3 Å². The van der Waals surface area contributed by atoms with Crippen molar-refractivity contribution in [3.05, 3.63) is 34.3 Å². The van der Waals surface area contributed by atoms with Gasteiger partial charge in [0.1, 0.15) is 22.9 Å². The van der Waals surface area contributed by atoms with E-state index in [9.17, 15) is 4.79 Å². The fourth-order valence-electron chi connectivity index (χ4n) is 1.67. The van der Waals surface area contributed by atoms with Crippen molar-refractivity contribution in [1.82, 2.24) is 4.98 Å². The van der Waals surface area contributed by atoms with E-state index in [1.807, 2.05) is 5.38 Å². The number of fused-ring (bicyclic) bond motifs is 1. The molecule has 0 spiro atoms. The molecule has 2 heterocycles. The molecule has 0 atom stereocenters. The number of hydrogen-bond donors (Lipinski definition) is 1. The fraction of sp³-hybridized carbons (Fsp3) is 0.167. The zero-order valence-corrected chi connectivity index (χ0v) is 10.5. The van der Waals surface area contributed by atoms with Gasteiger partial charge in [-0.25, -0.2) is 9.78 Å². The lowest BCUT2D eigenvalue weighted by molar-refractivity contribution is 0.0691. The number of rotatable bonds is 4. The number of ether oxygens (including phenoxy) is 3. The topological polar surface area (TPSA) is 77.9 Å². The summed E-state index contributed by atoms with van der Waals surface area (Å²) in [6, 6.07) is 2.93. The molecule has 0 saturated carbocycles. The quantitative estimate of drug-likeness (QED) is 0.924. The van der Waals surface area contributed by atoms with E-state index in [1.165, 1.54) is 23.5 Å². The van der Waals surface area contributed by atoms with Crippen LogP contribution in [-0.4, -0.2) is 22.9 Å². The van der Waals surface area contributed by atoms with Gasteiger partial charge in [0, 0.05) is 23.7 Å². The van der Waals surface area contributed by atoms with Crippen LogP contribution < -0.4 is 14.2 Å². The van der Waals surface area contributed by atoms with Crippen LogP contribution in [0.3, 0.4) is 0 Å². The summed E-state index contributed by atoms with van der Waals surface area (Å²) in [4.78, 5) is 15.3. The highest BCUT2D eigenvalue weighted by Crippen LogP contribution is 2.38. The van der Waals surface area contributed by atoms with Crippen molar-refractivity contribution in [2.45, 2.75) is 6.61 Å². The summed E-state index contributed by atoms with van der Waals surface area (Å²) in [5, 5.41) is 11.8. The molecular formula is C12H9NO5S. The predicted molar refractivity (Wildman–Crippen MR) is 66.0 cm³/mol. The molecule has 6 nitrogen and oxygen atoms in total. The van der Waals surface area contributed by atoms with Crippen LogP contribution in [0.2, 0.25) is 0 Å². The van der Waals surface area contributed by atoms with Crippen molar-refractivity contribution in [3.8, 4) is 17.2 Å². The summed E-state index contributed by atoms with van der Waals surface area (Å²) >= 11 is 1.44. The Morgan fingerprint density at radius 3 is 2.89 bits per heavy atom. The second kappa shape index (κ2) is 4.77. The molecule has 1 aromatic carbocycles. The summed E-state index contributed by atoms with van der Waals surface area (Å²) < 4.78 is 15.8. The molecule has 1 aromatic heterocycles. The first-order valence-corrected chi connectivity index (χ1v) is 6.30. The third kappa shape index (κ3) is 2.32. The summed E-state index contributed by atoms with van der Waals surface area (Å²) in [6.07, 6.45) is 1.67. The number of carboxylic acids is 1. The van der Waals surface area contributed by atoms with Gasteiger partial charge in [-0.1, -0.05) is 0 Å². The average Bonchev–Trinajstić information content (AvgIpc) is 3.05. The van der Waals surface area contributed by atoms with Gasteiger partial charge in [-0.15, -0.1) is 11.3 Å². The molecule has 7 heteroatoms. The highest BCUT2D eigenvalue weighted by molar-refractivity contribution is 7.09. The molecule has 0 unspecified atom stereocenters. The molecule has 1 N–H and O–H groups in total. The minimum absolute atomic E-state index is 0.0424. The molecule has 0 saturated heterocycles. The minimum atomic E-state index is -1.08. The zero-order chi connectivity index (χ0) is 13.2. The Kier molecular flexibility index (Phi) is 2.96. The highest BCUT2D eigenvalue weighted by atomic mass is 32.1. The molecule has 0 fully saturated rings. The molecule has 98 valence electrons. The van der Waals surface area contributed by atoms with Gasteiger partial charge in [0.05, 0.1) is 0 Å². The second-order valence-electron chi connectivity index (χ2n) is 3.72. The lowest BCUT2D eigenvalue weighted by Crippen LogP contribution is -2.03. The van der Waals surface area contributed by atoms with Crippen LogP contribution in [-0.2, 0) is 6.61 Å². The first-order chi connectivity index (χ1) is 9.24. The van der Waals surface area contributed by atoms with Crippen LogP contribution in [0.5, 0.6) is 17.2 Å². The number of aromatic nitrogens is 1. The Labute approximate surface area is 112 Å². The molecule has 3 rings (SSSR count). The summed E-state index contributed by atoms with van der Waals surface area (Å²) in [7, 11) is 0. The highest BCUT2D eigenvalue weighted by Gasteiger charge is 2.21. The van der Waals surface area contributed by atoms with E-state index in [0.717, 1.165) is 5.01 Å². The van der Waals surface area contributed by atoms with E-state index in [4.69, 9.17) is 19.3 Å². The number of nitrogens with zero attached hydrogens (tertiary/aromatic N) is 1. The lowest BCUT2D eigenvalue weighted by Gasteiger charge is -2.08. The monoisotopic (exact) mass is 279 g/mol. The van der Waals surface area contributed by atoms with Crippen molar-refractivity contribution < 1.29 is 24.1 Å². The van der Waals surface area contributed by atoms with Gasteiger partial charge in [0.15, 0.2) is 11.5 Å². The van der Waals surface area contributed by atoms with E-state index in [0.29, 0.717) is 11.5 Å².